The number of ether oxygens (including phenoxy) is 7. The van der Waals surface area contributed by atoms with Crippen molar-refractivity contribution in [1.82, 2.24) is 0 Å². The Labute approximate surface area is 363 Å². The molecule has 0 N–H and O–H groups in total. The molecule has 11 heteroatoms. The molecular formula is C46H74O7S4. The zero-order valence-corrected chi connectivity index (χ0v) is 39.5. The van der Waals surface area contributed by atoms with Crippen molar-refractivity contribution in [2.24, 2.45) is 0 Å². The van der Waals surface area contributed by atoms with Crippen molar-refractivity contribution in [3.63, 3.8) is 0 Å². The lowest BCUT2D eigenvalue weighted by Gasteiger charge is -2.47. The molecule has 2 aliphatic heterocycles. The molecule has 2 saturated heterocycles. The largest absolute Gasteiger partial charge is 0.465 e. The summed E-state index contributed by atoms with van der Waals surface area (Å²) in [6, 6.07) is 9.20. The zero-order chi connectivity index (χ0) is 40.6. The normalized spacial score (nSPS) is 19.9. The molecule has 2 heterocycles. The molecule has 2 aromatic carbocycles. The van der Waals surface area contributed by atoms with Gasteiger partial charge in [0, 0.05) is 39.9 Å². The first-order valence-electron chi connectivity index (χ1n) is 21.7. The van der Waals surface area contributed by atoms with Crippen LogP contribution in [0.1, 0.15) is 140 Å². The van der Waals surface area contributed by atoms with Crippen molar-refractivity contribution in [2.75, 3.05) is 66.0 Å². The van der Waals surface area contributed by atoms with Crippen molar-refractivity contribution in [3.05, 3.63) is 35.4 Å². The quantitative estimate of drug-likeness (QED) is 0.0428. The fraction of sp³-hybridized carbons (Fsp3) is 0.739. The van der Waals surface area contributed by atoms with E-state index in [1.807, 2.05) is 0 Å². The molecule has 0 bridgehead atoms. The lowest BCUT2D eigenvalue weighted by molar-refractivity contribution is -0.380. The second kappa shape index (κ2) is 28.0. The molecule has 57 heavy (non-hydrogen) atoms. The smallest absolute Gasteiger partial charge is 0.188 e. The summed E-state index contributed by atoms with van der Waals surface area (Å²) in [4.78, 5) is 4.78. The van der Waals surface area contributed by atoms with Crippen LogP contribution in [0, 0.1) is 0 Å². The minimum atomic E-state index is -0.487. The van der Waals surface area contributed by atoms with Crippen LogP contribution in [0.5, 0.6) is 11.5 Å². The molecule has 2 unspecified atom stereocenters. The van der Waals surface area contributed by atoms with Crippen LogP contribution >= 0.6 is 47.0 Å². The van der Waals surface area contributed by atoms with E-state index in [-0.39, 0.29) is 13.6 Å². The molecular weight excluding hydrogens is 793 g/mol. The van der Waals surface area contributed by atoms with Gasteiger partial charge in [0.05, 0.1) is 32.8 Å². The molecule has 2 fully saturated rings. The fourth-order valence-electron chi connectivity index (χ4n) is 8.19. The van der Waals surface area contributed by atoms with Crippen LogP contribution in [-0.4, -0.2) is 77.6 Å². The summed E-state index contributed by atoms with van der Waals surface area (Å²) in [7, 11) is 3.34. The number of thioether (sulfide) groups is 4. The summed E-state index contributed by atoms with van der Waals surface area (Å²) in [6.07, 6.45) is 34.0. The molecule has 0 aliphatic carbocycles. The molecule has 2 aromatic rings. The van der Waals surface area contributed by atoms with Gasteiger partial charge < -0.3 is 33.2 Å². The molecule has 2 atom stereocenters. The monoisotopic (exact) mass is 866 g/mol. The predicted octanol–water partition coefficient (Wildman–Crippen LogP) is 13.6. The number of hydrogen-bond acceptors (Lipinski definition) is 11. The maximum atomic E-state index is 7.15. The van der Waals surface area contributed by atoms with E-state index in [0.717, 1.165) is 88.9 Å². The first-order chi connectivity index (χ1) is 27.9. The van der Waals surface area contributed by atoms with E-state index in [1.165, 1.54) is 108 Å². The average Bonchev–Trinajstić information content (AvgIpc) is 3.24. The van der Waals surface area contributed by atoms with Gasteiger partial charge in [0.15, 0.2) is 25.2 Å². The van der Waals surface area contributed by atoms with Crippen molar-refractivity contribution in [3.8, 4) is 11.5 Å². The number of hydrogen-bond donors (Lipinski definition) is 0. The third-order valence-electron chi connectivity index (χ3n) is 11.2. The van der Waals surface area contributed by atoms with Crippen LogP contribution in [0.25, 0.3) is 0 Å². The van der Waals surface area contributed by atoms with Crippen LogP contribution in [0.2, 0.25) is 0 Å². The van der Waals surface area contributed by atoms with Crippen molar-refractivity contribution in [2.45, 2.75) is 172 Å². The van der Waals surface area contributed by atoms with Crippen LogP contribution in [0.4, 0.5) is 0 Å². The van der Waals surface area contributed by atoms with Gasteiger partial charge in [-0.3, -0.25) is 0 Å². The number of benzene rings is 2. The Morgan fingerprint density at radius 1 is 0.491 bits per heavy atom. The van der Waals surface area contributed by atoms with Gasteiger partial charge in [-0.05, 0) is 125 Å². The average molecular weight is 867 g/mol. The first kappa shape index (κ1) is 48.9. The molecule has 0 radical (unpaired) electrons. The van der Waals surface area contributed by atoms with E-state index in [2.05, 4.69) is 49.3 Å². The Kier molecular flexibility index (Phi) is 24.0. The summed E-state index contributed by atoms with van der Waals surface area (Å²) < 4.78 is 42.4. The molecule has 324 valence electrons. The second-order valence-corrected chi connectivity index (χ2v) is 18.9. The number of rotatable bonds is 30. The van der Waals surface area contributed by atoms with Crippen LogP contribution < -0.4 is 9.47 Å². The van der Waals surface area contributed by atoms with E-state index >= 15 is 0 Å². The van der Waals surface area contributed by atoms with E-state index < -0.39 is 11.6 Å². The Hall–Kier alpha value is -0.760. The fourth-order valence-corrected chi connectivity index (χ4v) is 10.8. The first-order valence-corrected chi connectivity index (χ1v) is 26.6. The molecule has 4 rings (SSSR count). The highest BCUT2D eigenvalue weighted by atomic mass is 32.2. The molecule has 0 spiro atoms. The van der Waals surface area contributed by atoms with Gasteiger partial charge in [0.1, 0.15) is 11.5 Å². The highest BCUT2D eigenvalue weighted by Gasteiger charge is 2.45. The van der Waals surface area contributed by atoms with Gasteiger partial charge in [0.2, 0.25) is 0 Å². The summed E-state index contributed by atoms with van der Waals surface area (Å²) in [5.41, 5.74) is 2.80. The summed E-state index contributed by atoms with van der Waals surface area (Å²) in [6.45, 7) is 2.16. The molecule has 7 nitrogen and oxygen atoms in total. The van der Waals surface area contributed by atoms with Gasteiger partial charge in [0.25, 0.3) is 0 Å². The SMILES string of the molecule is COCOc1c(SC)cc(CCCCCCCCC2(OC3(CCCCCCCCc4cc(SC)c(OCOC)c(SC)c4)CCCCO3)CCCCO2)cc1SC. The summed E-state index contributed by atoms with van der Waals surface area (Å²) in [5.74, 6) is 0.926. The topological polar surface area (TPSA) is 64.6 Å². The maximum Gasteiger partial charge on any atom is 0.188 e. The van der Waals surface area contributed by atoms with Gasteiger partial charge in [-0.25, -0.2) is 0 Å². The van der Waals surface area contributed by atoms with E-state index in [4.69, 9.17) is 33.2 Å². The molecule has 2 aliphatic rings. The second-order valence-electron chi connectivity index (χ2n) is 15.5. The number of methoxy groups -OCH3 is 2. The van der Waals surface area contributed by atoms with E-state index in [0.29, 0.717) is 0 Å². The van der Waals surface area contributed by atoms with Crippen LogP contribution in [0.15, 0.2) is 43.8 Å². The van der Waals surface area contributed by atoms with Gasteiger partial charge in [-0.1, -0.05) is 51.4 Å². The third kappa shape index (κ3) is 16.6. The van der Waals surface area contributed by atoms with Gasteiger partial charge in [-0.2, -0.15) is 0 Å². The third-order valence-corrected chi connectivity index (χ3v) is 14.2. The van der Waals surface area contributed by atoms with Gasteiger partial charge >= 0.3 is 0 Å². The maximum absolute atomic E-state index is 7.15. The Balaban J connectivity index is 1.16. The lowest BCUT2D eigenvalue weighted by Crippen LogP contribution is -2.51. The predicted molar refractivity (Wildman–Crippen MR) is 243 cm³/mol. The molecule has 0 amide bonds. The Morgan fingerprint density at radius 2 is 0.842 bits per heavy atom. The van der Waals surface area contributed by atoms with Crippen molar-refractivity contribution in [1.29, 1.82) is 0 Å². The minimum absolute atomic E-state index is 0.277. The minimum Gasteiger partial charge on any atom is -0.465 e. The van der Waals surface area contributed by atoms with Gasteiger partial charge in [-0.15, -0.1) is 47.0 Å². The Morgan fingerprint density at radius 3 is 1.16 bits per heavy atom. The molecule has 0 aromatic heterocycles. The summed E-state index contributed by atoms with van der Waals surface area (Å²) in [5, 5.41) is 0. The number of aryl methyl sites for hydroxylation is 2. The lowest BCUT2D eigenvalue weighted by atomic mass is 9.94. The number of unbranched alkanes of at least 4 members (excludes halogenated alkanes) is 10. The van der Waals surface area contributed by atoms with E-state index in [1.54, 1.807) is 61.3 Å². The highest BCUT2D eigenvalue weighted by Crippen LogP contribution is 2.43. The summed E-state index contributed by atoms with van der Waals surface area (Å²) >= 11 is 6.98. The Bertz CT molecular complexity index is 1240. The molecule has 0 saturated carbocycles. The van der Waals surface area contributed by atoms with E-state index in [9.17, 15) is 0 Å². The van der Waals surface area contributed by atoms with Crippen molar-refractivity contribution < 1.29 is 33.2 Å². The standard InChI is InChI=1S/C46H74O7S4/c1-47-35-49-43-39(54-3)31-37(32-40(43)55-4)23-15-11-7-9-13-17-25-45(27-19-21-29-51-45)53-46(28-20-22-30-52-46)26-18-14-10-8-12-16-24-38-33-41(56-5)44(50-36-48-2)42(34-38)57-6/h31-34H,7-30,35-36H2,1-6H3. The van der Waals surface area contributed by atoms with Crippen molar-refractivity contribution >= 4 is 47.0 Å². The zero-order valence-electron chi connectivity index (χ0n) is 36.2. The van der Waals surface area contributed by atoms with Crippen LogP contribution in [0.3, 0.4) is 0 Å². The van der Waals surface area contributed by atoms with Crippen LogP contribution in [-0.2, 0) is 36.5 Å². The highest BCUT2D eigenvalue weighted by molar-refractivity contribution is 8.00.